The number of anilines is 2. The Bertz CT molecular complexity index is 1810. The highest BCUT2D eigenvalue weighted by Gasteiger charge is 2.29. The minimum absolute atomic E-state index is 0.127. The van der Waals surface area contributed by atoms with Crippen molar-refractivity contribution in [2.45, 2.75) is 18.8 Å². The summed E-state index contributed by atoms with van der Waals surface area (Å²) >= 11 is 0. The zero-order valence-electron chi connectivity index (χ0n) is 22.2. The van der Waals surface area contributed by atoms with Crippen LogP contribution in [0.4, 0.5) is 15.8 Å². The number of H-pyrrole nitrogens is 1. The lowest BCUT2D eigenvalue weighted by Crippen LogP contribution is -2.31. The van der Waals surface area contributed by atoms with Gasteiger partial charge in [-0.05, 0) is 38.7 Å². The molecule has 0 radical (unpaired) electrons. The molecule has 1 aliphatic rings. The summed E-state index contributed by atoms with van der Waals surface area (Å²) in [4.78, 5) is 30.3. The Morgan fingerprint density at radius 3 is 2.67 bits per heavy atom. The number of likely N-dealkylation sites (N-methyl/N-ethyl adjacent to an activating group) is 1. The van der Waals surface area contributed by atoms with Gasteiger partial charge in [0.2, 0.25) is 0 Å². The van der Waals surface area contributed by atoms with Crippen molar-refractivity contribution in [3.63, 3.8) is 0 Å². The van der Waals surface area contributed by atoms with Crippen LogP contribution < -0.4 is 15.6 Å². The quantitative estimate of drug-likeness (QED) is 0.256. The number of fused-ring (bicyclic) bond motifs is 4. The van der Waals surface area contributed by atoms with E-state index in [9.17, 15) is 19.4 Å². The number of rotatable bonds is 5. The number of hydrogen-bond acceptors (Lipinski definition) is 8. The molecule has 4 aromatic heterocycles. The number of pyridine rings is 3. The second-order valence-electron chi connectivity index (χ2n) is 10.3. The molecule has 0 unspecified atom stereocenters. The smallest absolute Gasteiger partial charge is 0.199 e. The van der Waals surface area contributed by atoms with E-state index in [0.29, 0.717) is 34.0 Å². The maximum absolute atomic E-state index is 14.8. The highest BCUT2D eigenvalue weighted by atomic mass is 19.1. The Morgan fingerprint density at radius 2 is 1.97 bits per heavy atom. The van der Waals surface area contributed by atoms with E-state index >= 15 is 0 Å². The normalized spacial score (nSPS) is 16.0. The van der Waals surface area contributed by atoms with E-state index in [1.54, 1.807) is 37.1 Å². The van der Waals surface area contributed by atoms with E-state index in [2.05, 4.69) is 39.2 Å². The largest absolute Gasteiger partial charge is 0.386 e. The molecule has 0 bridgehead atoms. The standard InChI is InChI=1S/C28H30FN7O3/c1-30-21-9-15(29)8-17-22-24(36-6-5-16(12-36)34(2)3)19(11-31-26(22)33-23(17)21)14-7-18-25(37)20(28(38)39)13-35(4)27(18)32-10-14/h7-11,13,16,28,30,38-39H,5-6,12H2,1-4H3,(H,31,33)/t16-/m1/s1. The Hall–Kier alpha value is -4.06. The van der Waals surface area contributed by atoms with Crippen molar-refractivity contribution in [1.29, 1.82) is 0 Å². The molecule has 1 aliphatic heterocycles. The van der Waals surface area contributed by atoms with E-state index in [0.717, 1.165) is 41.7 Å². The first kappa shape index (κ1) is 25.2. The van der Waals surface area contributed by atoms with Crippen LogP contribution in [0, 0.1) is 5.82 Å². The van der Waals surface area contributed by atoms with Crippen molar-refractivity contribution in [1.82, 2.24) is 24.4 Å². The number of aromatic nitrogens is 4. The van der Waals surface area contributed by atoms with Crippen molar-refractivity contribution >= 4 is 44.3 Å². The van der Waals surface area contributed by atoms with Gasteiger partial charge in [-0.3, -0.25) is 4.79 Å². The number of aliphatic hydroxyl groups is 2. The van der Waals surface area contributed by atoms with E-state index in [1.807, 2.05) is 0 Å². The summed E-state index contributed by atoms with van der Waals surface area (Å²) in [6, 6.07) is 5.03. The number of aromatic amines is 1. The van der Waals surface area contributed by atoms with Gasteiger partial charge in [-0.25, -0.2) is 14.4 Å². The van der Waals surface area contributed by atoms with Gasteiger partial charge >= 0.3 is 0 Å². The second-order valence-corrected chi connectivity index (χ2v) is 10.3. The Kier molecular flexibility index (Phi) is 6.01. The van der Waals surface area contributed by atoms with Crippen LogP contribution in [-0.2, 0) is 7.05 Å². The second kappa shape index (κ2) is 9.30. The van der Waals surface area contributed by atoms with Crippen LogP contribution in [0.15, 0.2) is 41.6 Å². The molecule has 0 saturated carbocycles. The Labute approximate surface area is 223 Å². The molecule has 10 nitrogen and oxygen atoms in total. The van der Waals surface area contributed by atoms with Gasteiger partial charge in [0.1, 0.15) is 17.1 Å². The van der Waals surface area contributed by atoms with Crippen LogP contribution in [0.3, 0.4) is 0 Å². The topological polar surface area (TPSA) is 123 Å². The van der Waals surface area contributed by atoms with Gasteiger partial charge in [0, 0.05) is 68.3 Å². The fraction of sp³-hybridized carbons (Fsp3) is 0.321. The predicted molar refractivity (Wildman–Crippen MR) is 151 cm³/mol. The summed E-state index contributed by atoms with van der Waals surface area (Å²) in [5.41, 5.74) is 4.12. The number of halogens is 1. The molecule has 11 heteroatoms. The average Bonchev–Trinajstić information content (AvgIpc) is 3.55. The number of aryl methyl sites for hydroxylation is 1. The molecule has 1 aromatic carbocycles. The SMILES string of the molecule is CNc1cc(F)cc2c1[nH]c1ncc(-c3cnc4c(c3)c(=O)c(C(O)O)cn4C)c(N3CC[C@@H](N(C)C)C3)c12. The minimum atomic E-state index is -1.90. The fourth-order valence-electron chi connectivity index (χ4n) is 5.73. The molecule has 202 valence electrons. The summed E-state index contributed by atoms with van der Waals surface area (Å²) in [7, 11) is 7.58. The van der Waals surface area contributed by atoms with E-state index in [4.69, 9.17) is 4.98 Å². The lowest BCUT2D eigenvalue weighted by Gasteiger charge is -2.25. The van der Waals surface area contributed by atoms with Crippen LogP contribution in [0.1, 0.15) is 18.3 Å². The van der Waals surface area contributed by atoms with Crippen LogP contribution >= 0.6 is 0 Å². The maximum Gasteiger partial charge on any atom is 0.199 e. The van der Waals surface area contributed by atoms with Crippen molar-refractivity contribution in [3.8, 4) is 11.1 Å². The molecule has 1 fully saturated rings. The van der Waals surface area contributed by atoms with Crippen LogP contribution in [-0.4, -0.2) is 74.9 Å². The summed E-state index contributed by atoms with van der Waals surface area (Å²) in [5, 5.41) is 24.3. The van der Waals surface area contributed by atoms with Gasteiger partial charge in [0.15, 0.2) is 11.7 Å². The van der Waals surface area contributed by atoms with Crippen LogP contribution in [0.2, 0.25) is 0 Å². The molecule has 6 rings (SSSR count). The lowest BCUT2D eigenvalue weighted by atomic mass is 10.0. The van der Waals surface area contributed by atoms with Crippen molar-refractivity contribution < 1.29 is 14.6 Å². The fourth-order valence-corrected chi connectivity index (χ4v) is 5.73. The molecule has 5 heterocycles. The van der Waals surface area contributed by atoms with Crippen molar-refractivity contribution in [2.24, 2.45) is 7.05 Å². The first-order valence-electron chi connectivity index (χ1n) is 12.8. The zero-order chi connectivity index (χ0) is 27.6. The minimum Gasteiger partial charge on any atom is -0.386 e. The van der Waals surface area contributed by atoms with Gasteiger partial charge in [-0.1, -0.05) is 0 Å². The van der Waals surface area contributed by atoms with Gasteiger partial charge in [-0.2, -0.15) is 0 Å². The Morgan fingerprint density at radius 1 is 1.18 bits per heavy atom. The molecule has 1 saturated heterocycles. The van der Waals surface area contributed by atoms with E-state index < -0.39 is 11.7 Å². The van der Waals surface area contributed by atoms with Crippen LogP contribution in [0.25, 0.3) is 44.1 Å². The van der Waals surface area contributed by atoms with Gasteiger partial charge in [0.05, 0.1) is 33.2 Å². The summed E-state index contributed by atoms with van der Waals surface area (Å²) < 4.78 is 16.4. The monoisotopic (exact) mass is 531 g/mol. The number of hydrogen-bond donors (Lipinski definition) is 4. The molecule has 0 amide bonds. The number of aliphatic hydroxyl groups excluding tert-OH is 1. The molecule has 0 spiro atoms. The van der Waals surface area contributed by atoms with Crippen molar-refractivity contribution in [2.75, 3.05) is 44.4 Å². The third-order valence-electron chi connectivity index (χ3n) is 7.78. The predicted octanol–water partition coefficient (Wildman–Crippen LogP) is 2.93. The lowest BCUT2D eigenvalue weighted by molar-refractivity contribution is -0.0435. The molecule has 4 N–H and O–H groups in total. The highest BCUT2D eigenvalue weighted by molar-refractivity contribution is 6.17. The molecule has 1 atom stereocenters. The zero-order valence-corrected chi connectivity index (χ0v) is 22.2. The summed E-state index contributed by atoms with van der Waals surface area (Å²) in [5.74, 6) is -0.359. The number of nitrogens with zero attached hydrogens (tertiary/aromatic N) is 5. The summed E-state index contributed by atoms with van der Waals surface area (Å²) in [6.07, 6.45) is 3.89. The van der Waals surface area contributed by atoms with Gasteiger partial charge < -0.3 is 34.9 Å². The van der Waals surface area contributed by atoms with Gasteiger partial charge in [-0.15, -0.1) is 0 Å². The number of nitrogens with one attached hydrogen (secondary N) is 2. The van der Waals surface area contributed by atoms with Crippen molar-refractivity contribution in [3.05, 3.63) is 58.4 Å². The maximum atomic E-state index is 14.8. The molecular formula is C28H30FN7O3. The highest BCUT2D eigenvalue weighted by Crippen LogP contribution is 2.43. The molecule has 0 aliphatic carbocycles. The molecular weight excluding hydrogens is 501 g/mol. The molecule has 39 heavy (non-hydrogen) atoms. The Balaban J connectivity index is 1.66. The van der Waals surface area contributed by atoms with Crippen LogP contribution in [0.5, 0.6) is 0 Å². The first-order valence-corrected chi connectivity index (χ1v) is 12.8. The summed E-state index contributed by atoms with van der Waals surface area (Å²) in [6.45, 7) is 1.56. The third kappa shape index (κ3) is 4.01. The van der Waals surface area contributed by atoms with E-state index in [-0.39, 0.29) is 16.8 Å². The van der Waals surface area contributed by atoms with E-state index in [1.165, 1.54) is 18.3 Å². The van der Waals surface area contributed by atoms with Gasteiger partial charge in [0.25, 0.3) is 0 Å². The third-order valence-corrected chi connectivity index (χ3v) is 7.78. The molecule has 5 aromatic rings. The number of benzene rings is 1. The first-order chi connectivity index (χ1) is 18.7. The average molecular weight is 532 g/mol.